The lowest BCUT2D eigenvalue weighted by molar-refractivity contribution is -0.0294. The number of hydrogen-bond acceptors (Lipinski definition) is 2. The van der Waals surface area contributed by atoms with Gasteiger partial charge in [-0.2, -0.15) is 0 Å². The molecule has 0 bridgehead atoms. The van der Waals surface area contributed by atoms with Gasteiger partial charge in [-0.25, -0.2) is 0 Å². The maximum absolute atomic E-state index is 6.67. The Morgan fingerprint density at radius 3 is 1.04 bits per heavy atom. The van der Waals surface area contributed by atoms with Crippen molar-refractivity contribution in [3.63, 3.8) is 0 Å². The third kappa shape index (κ3) is 7.07. The van der Waals surface area contributed by atoms with E-state index in [1.807, 2.05) is 0 Å². The molecule has 0 amide bonds. The molecule has 2 nitrogen and oxygen atoms in total. The summed E-state index contributed by atoms with van der Waals surface area (Å²) >= 11 is 0. The van der Waals surface area contributed by atoms with Crippen molar-refractivity contribution < 1.29 is 8.85 Å². The Morgan fingerprint density at radius 2 is 0.846 bits per heavy atom. The van der Waals surface area contributed by atoms with E-state index in [1.165, 1.54) is 37.8 Å². The fourth-order valence-electron chi connectivity index (χ4n) is 4.81. The van der Waals surface area contributed by atoms with Gasteiger partial charge in [0.25, 0.3) is 0 Å². The van der Waals surface area contributed by atoms with E-state index in [-0.39, 0.29) is 11.2 Å². The zero-order valence-electron chi connectivity index (χ0n) is 19.8. The molecule has 0 aromatic rings. The lowest BCUT2D eigenvalue weighted by Crippen LogP contribution is -2.45. The van der Waals surface area contributed by atoms with Crippen LogP contribution in [0.2, 0.25) is 12.1 Å². The predicted octanol–water partition coefficient (Wildman–Crippen LogP) is 5.73. The lowest BCUT2D eigenvalue weighted by atomic mass is 9.77. The van der Waals surface area contributed by atoms with E-state index in [4.69, 9.17) is 8.85 Å². The molecule has 0 unspecified atom stereocenters. The smallest absolute Gasteiger partial charge is 0.162 e. The highest BCUT2D eigenvalue weighted by Gasteiger charge is 2.37. The topological polar surface area (TPSA) is 18.5 Å². The summed E-state index contributed by atoms with van der Waals surface area (Å²) in [6.45, 7) is 23.3. The molecule has 0 N–H and O–H groups in total. The van der Waals surface area contributed by atoms with Gasteiger partial charge >= 0.3 is 0 Å². The Bertz CT molecular complexity index is 304. The molecule has 0 rings (SSSR count). The first-order valence-electron chi connectivity index (χ1n) is 11.4. The van der Waals surface area contributed by atoms with Crippen LogP contribution in [0.4, 0.5) is 0 Å². The summed E-state index contributed by atoms with van der Waals surface area (Å²) in [5, 5.41) is 0. The second-order valence-corrected chi connectivity index (χ2v) is 12.2. The third-order valence-corrected chi connectivity index (χ3v) is 10.5. The van der Waals surface area contributed by atoms with Crippen LogP contribution < -0.4 is 0 Å². The van der Waals surface area contributed by atoms with E-state index in [2.05, 4.69) is 69.2 Å². The minimum atomic E-state index is -0.458. The maximum Gasteiger partial charge on any atom is 0.162 e. The van der Waals surface area contributed by atoms with Gasteiger partial charge in [-0.1, -0.05) is 82.1 Å². The molecule has 0 aliphatic carbocycles. The van der Waals surface area contributed by atoms with Crippen LogP contribution in [0.1, 0.15) is 94.9 Å². The molecule has 0 aliphatic rings. The van der Waals surface area contributed by atoms with Crippen LogP contribution >= 0.6 is 0 Å². The lowest BCUT2D eigenvalue weighted by Gasteiger charge is -2.43. The summed E-state index contributed by atoms with van der Waals surface area (Å²) in [5.74, 6) is 2.40. The predicted molar refractivity (Wildman–Crippen MR) is 124 cm³/mol. The van der Waals surface area contributed by atoms with Crippen LogP contribution in [0.25, 0.3) is 0 Å². The average Bonchev–Trinajstić information content (AvgIpc) is 2.54. The van der Waals surface area contributed by atoms with Crippen LogP contribution in [0.15, 0.2) is 0 Å². The monoisotopic (exact) mass is 402 g/mol. The molecule has 158 valence electrons. The number of rotatable bonds is 15. The molecule has 26 heavy (non-hydrogen) atoms. The molecule has 0 heterocycles. The maximum atomic E-state index is 6.67. The molecule has 0 fully saturated rings. The Morgan fingerprint density at radius 1 is 0.577 bits per heavy atom. The van der Waals surface area contributed by atoms with Crippen molar-refractivity contribution in [1.82, 2.24) is 0 Å². The van der Waals surface area contributed by atoms with E-state index in [0.29, 0.717) is 23.7 Å². The molecule has 0 radical (unpaired) electrons. The van der Waals surface area contributed by atoms with Gasteiger partial charge in [-0.05, 0) is 48.6 Å². The quantitative estimate of drug-likeness (QED) is 0.257. The Labute approximate surface area is 170 Å². The Kier molecular flexibility index (Phi) is 12.9. The normalized spacial score (nSPS) is 14.5. The highest BCUT2D eigenvalue weighted by molar-refractivity contribution is 6.34. The highest BCUT2D eigenvalue weighted by atomic mass is 28.2. The molecule has 0 aliphatic heterocycles. The van der Waals surface area contributed by atoms with Crippen LogP contribution in [0, 0.1) is 23.7 Å². The molecule has 0 aromatic heterocycles. The standard InChI is InChI=1S/C22H50O2Si2/c1-11-13-21(17(3)4,18(5)6)23-25-15-16-26-24-22(14-12-2,19(7)8)20(9)10/h17-20H,11-16,25-26H2,1-10H3. The summed E-state index contributed by atoms with van der Waals surface area (Å²) in [5.41, 5.74) is 0.205. The second-order valence-electron chi connectivity index (χ2n) is 9.43. The van der Waals surface area contributed by atoms with Gasteiger partial charge in [-0.3, -0.25) is 0 Å². The molecule has 0 spiro atoms. The van der Waals surface area contributed by atoms with Crippen molar-refractivity contribution in [3.8, 4) is 0 Å². The van der Waals surface area contributed by atoms with Crippen LogP contribution in [-0.2, 0) is 8.85 Å². The van der Waals surface area contributed by atoms with Gasteiger partial charge in [0.05, 0.1) is 11.2 Å². The number of hydrogen-bond donors (Lipinski definition) is 0. The second kappa shape index (κ2) is 12.7. The van der Waals surface area contributed by atoms with Gasteiger partial charge in [0.2, 0.25) is 0 Å². The zero-order valence-corrected chi connectivity index (χ0v) is 22.6. The van der Waals surface area contributed by atoms with E-state index < -0.39 is 19.5 Å². The minimum absolute atomic E-state index is 0.102. The molecule has 0 aromatic carbocycles. The summed E-state index contributed by atoms with van der Waals surface area (Å²) in [6, 6.07) is 2.57. The highest BCUT2D eigenvalue weighted by Crippen LogP contribution is 2.36. The molecule has 0 saturated carbocycles. The Hall–Kier alpha value is 0.354. The largest absolute Gasteiger partial charge is 0.418 e. The van der Waals surface area contributed by atoms with Gasteiger partial charge in [0.15, 0.2) is 19.5 Å². The van der Waals surface area contributed by atoms with Crippen LogP contribution in [0.5, 0.6) is 0 Å². The molecular weight excluding hydrogens is 352 g/mol. The first kappa shape index (κ1) is 26.4. The SMILES string of the molecule is CCCC(O[SiH2]CC[SiH2]OC(CCC)(C(C)C)C(C)C)(C(C)C)C(C)C. The first-order valence-corrected chi connectivity index (χ1v) is 14.5. The van der Waals surface area contributed by atoms with Crippen molar-refractivity contribution >= 4 is 19.5 Å². The van der Waals surface area contributed by atoms with Crippen molar-refractivity contribution in [2.24, 2.45) is 23.7 Å². The van der Waals surface area contributed by atoms with Crippen LogP contribution in [-0.4, -0.2) is 30.7 Å². The van der Waals surface area contributed by atoms with Gasteiger partial charge in [0.1, 0.15) is 0 Å². The fraction of sp³-hybridized carbons (Fsp3) is 1.00. The Balaban J connectivity index is 4.56. The first-order chi connectivity index (χ1) is 12.1. The summed E-state index contributed by atoms with van der Waals surface area (Å²) in [7, 11) is -0.917. The van der Waals surface area contributed by atoms with Crippen molar-refractivity contribution in [2.75, 3.05) is 0 Å². The summed E-state index contributed by atoms with van der Waals surface area (Å²) in [4.78, 5) is 0. The minimum Gasteiger partial charge on any atom is -0.418 e. The van der Waals surface area contributed by atoms with Gasteiger partial charge in [-0.15, -0.1) is 0 Å². The molecular formula is C22H50O2Si2. The van der Waals surface area contributed by atoms with Crippen molar-refractivity contribution in [2.45, 2.75) is 118 Å². The summed E-state index contributed by atoms with van der Waals surface area (Å²) < 4.78 is 13.3. The molecule has 0 saturated heterocycles. The molecule has 0 atom stereocenters. The third-order valence-electron chi connectivity index (χ3n) is 6.47. The van der Waals surface area contributed by atoms with E-state index in [9.17, 15) is 0 Å². The van der Waals surface area contributed by atoms with Gasteiger partial charge < -0.3 is 8.85 Å². The van der Waals surface area contributed by atoms with E-state index in [1.54, 1.807) is 0 Å². The zero-order chi connectivity index (χ0) is 20.4. The molecule has 4 heteroatoms. The fourth-order valence-corrected chi connectivity index (χ4v) is 9.11. The van der Waals surface area contributed by atoms with Crippen molar-refractivity contribution in [3.05, 3.63) is 0 Å². The van der Waals surface area contributed by atoms with Crippen molar-refractivity contribution in [1.29, 1.82) is 0 Å². The average molecular weight is 403 g/mol. The van der Waals surface area contributed by atoms with E-state index in [0.717, 1.165) is 0 Å². The van der Waals surface area contributed by atoms with Gasteiger partial charge in [0, 0.05) is 0 Å². The van der Waals surface area contributed by atoms with E-state index >= 15 is 0 Å². The van der Waals surface area contributed by atoms with Crippen LogP contribution in [0.3, 0.4) is 0 Å². The summed E-state index contributed by atoms with van der Waals surface area (Å²) in [6.07, 6.45) is 4.82.